The molecule has 1 heterocycles. The zero-order chi connectivity index (χ0) is 24.0. The zero-order valence-corrected chi connectivity index (χ0v) is 20.8. The van der Waals surface area contributed by atoms with Gasteiger partial charge in [0.2, 0.25) is 5.91 Å². The van der Waals surface area contributed by atoms with Gasteiger partial charge in [0.1, 0.15) is 0 Å². The molecule has 33 heavy (non-hydrogen) atoms. The summed E-state index contributed by atoms with van der Waals surface area (Å²) in [6.07, 6.45) is 0. The topological polar surface area (TPSA) is 88.9 Å². The van der Waals surface area contributed by atoms with Crippen molar-refractivity contribution in [2.45, 2.75) is 38.5 Å². The second-order valence-electron chi connectivity index (χ2n) is 7.58. The highest BCUT2D eigenvalue weighted by Crippen LogP contribution is 2.30. The first-order valence-corrected chi connectivity index (χ1v) is 12.2. The van der Waals surface area contributed by atoms with E-state index in [0.29, 0.717) is 38.8 Å². The van der Waals surface area contributed by atoms with Crippen molar-refractivity contribution < 1.29 is 9.59 Å². The van der Waals surface area contributed by atoms with Gasteiger partial charge in [0.25, 0.3) is 5.91 Å². The summed E-state index contributed by atoms with van der Waals surface area (Å²) in [7, 11) is 0. The Labute approximate surface area is 207 Å². The molecule has 0 radical (unpaired) electrons. The average Bonchev–Trinajstić information content (AvgIpc) is 3.21. The summed E-state index contributed by atoms with van der Waals surface area (Å²) in [5, 5.41) is 15.7. The summed E-state index contributed by atoms with van der Waals surface area (Å²) in [6, 6.07) is 13.8. The average molecular weight is 506 g/mol. The summed E-state index contributed by atoms with van der Waals surface area (Å²) >= 11 is 13.4. The van der Waals surface area contributed by atoms with Gasteiger partial charge >= 0.3 is 0 Å². The van der Waals surface area contributed by atoms with E-state index in [1.54, 1.807) is 30.3 Å². The Hall–Kier alpha value is -2.55. The van der Waals surface area contributed by atoms with Crippen LogP contribution in [0.3, 0.4) is 0 Å². The molecule has 0 unspecified atom stereocenters. The molecule has 0 fully saturated rings. The molecule has 2 N–H and O–H groups in total. The fourth-order valence-electron chi connectivity index (χ4n) is 3.19. The summed E-state index contributed by atoms with van der Waals surface area (Å²) in [4.78, 5) is 25.2. The van der Waals surface area contributed by atoms with Gasteiger partial charge in [0, 0.05) is 12.1 Å². The Morgan fingerprint density at radius 3 is 2.45 bits per heavy atom. The lowest BCUT2D eigenvalue weighted by atomic mass is 10.0. The Bertz CT molecular complexity index is 1120. The predicted octanol–water partition coefficient (Wildman–Crippen LogP) is 5.46. The molecule has 3 aromatic rings. The molecule has 0 aliphatic heterocycles. The molecule has 0 saturated heterocycles. The first kappa shape index (κ1) is 25.1. The minimum atomic E-state index is -0.335. The number of halogens is 2. The van der Waals surface area contributed by atoms with E-state index in [0.717, 1.165) is 0 Å². The van der Waals surface area contributed by atoms with Gasteiger partial charge in [0.05, 0.1) is 27.5 Å². The van der Waals surface area contributed by atoms with Crippen molar-refractivity contribution >= 4 is 52.5 Å². The Kier molecular flexibility index (Phi) is 8.77. The van der Waals surface area contributed by atoms with E-state index in [2.05, 4.69) is 20.8 Å². The third-order valence-corrected chi connectivity index (χ3v) is 6.67. The van der Waals surface area contributed by atoms with Gasteiger partial charge in [-0.25, -0.2) is 0 Å². The van der Waals surface area contributed by atoms with Gasteiger partial charge in [-0.15, -0.1) is 10.2 Å². The van der Waals surface area contributed by atoms with Crippen LogP contribution in [0.5, 0.6) is 0 Å². The lowest BCUT2D eigenvalue weighted by Crippen LogP contribution is -2.33. The lowest BCUT2D eigenvalue weighted by molar-refractivity contribution is -0.113. The molecule has 1 atom stereocenters. The number of carbonyl (C=O) groups excluding carboxylic acids is 2. The van der Waals surface area contributed by atoms with Crippen molar-refractivity contribution in [1.29, 1.82) is 0 Å². The molecular weight excluding hydrogens is 481 g/mol. The zero-order valence-electron chi connectivity index (χ0n) is 18.5. The van der Waals surface area contributed by atoms with Crippen molar-refractivity contribution in [2.75, 3.05) is 11.1 Å². The smallest absolute Gasteiger partial charge is 0.251 e. The van der Waals surface area contributed by atoms with Gasteiger partial charge in [0.15, 0.2) is 11.0 Å². The van der Waals surface area contributed by atoms with E-state index in [-0.39, 0.29) is 29.5 Å². The molecule has 2 amide bonds. The maximum atomic E-state index is 12.7. The molecule has 7 nitrogen and oxygen atoms in total. The normalized spacial score (nSPS) is 11.9. The highest BCUT2D eigenvalue weighted by Gasteiger charge is 2.26. The monoisotopic (exact) mass is 505 g/mol. The van der Waals surface area contributed by atoms with Crippen LogP contribution in [-0.2, 0) is 11.3 Å². The third-order valence-electron chi connectivity index (χ3n) is 4.89. The Balaban J connectivity index is 1.71. The number of benzene rings is 2. The van der Waals surface area contributed by atoms with E-state index >= 15 is 0 Å². The van der Waals surface area contributed by atoms with E-state index in [1.165, 1.54) is 11.8 Å². The van der Waals surface area contributed by atoms with Crippen molar-refractivity contribution in [2.24, 2.45) is 5.92 Å². The minimum absolute atomic E-state index is 0.0817. The predicted molar refractivity (Wildman–Crippen MR) is 133 cm³/mol. The summed E-state index contributed by atoms with van der Waals surface area (Å²) in [5.74, 6) is 0.431. The standard InChI is InChI=1S/C23H25Cl2N5O2S/c1-4-30-21(20(14(2)3)27-22(32)15-9-6-5-7-10-15)28-29-23(30)33-13-18(31)26-17-12-8-11-16(24)19(17)25/h5-12,14,20H,4,13H2,1-3H3,(H,26,31)(H,27,32)/t20-/m1/s1. The van der Waals surface area contributed by atoms with Crippen LogP contribution in [0.1, 0.15) is 43.0 Å². The largest absolute Gasteiger partial charge is 0.342 e. The molecule has 10 heteroatoms. The van der Waals surface area contributed by atoms with Gasteiger partial charge in [-0.3, -0.25) is 9.59 Å². The molecule has 174 valence electrons. The summed E-state index contributed by atoms with van der Waals surface area (Å²) in [5.41, 5.74) is 1.03. The number of aromatic nitrogens is 3. The fraction of sp³-hybridized carbons (Fsp3) is 0.304. The van der Waals surface area contributed by atoms with Crippen LogP contribution < -0.4 is 10.6 Å². The molecule has 0 aliphatic rings. The minimum Gasteiger partial charge on any atom is -0.342 e. The van der Waals surface area contributed by atoms with Gasteiger partial charge in [-0.2, -0.15) is 0 Å². The van der Waals surface area contributed by atoms with Gasteiger partial charge in [-0.05, 0) is 37.1 Å². The van der Waals surface area contributed by atoms with E-state index in [9.17, 15) is 9.59 Å². The van der Waals surface area contributed by atoms with Crippen molar-refractivity contribution in [1.82, 2.24) is 20.1 Å². The molecule has 1 aromatic heterocycles. The van der Waals surface area contributed by atoms with Crippen LogP contribution >= 0.6 is 35.0 Å². The second kappa shape index (κ2) is 11.5. The number of nitrogens with zero attached hydrogens (tertiary/aromatic N) is 3. The quantitative estimate of drug-likeness (QED) is 0.376. The number of hydrogen-bond acceptors (Lipinski definition) is 5. The van der Waals surface area contributed by atoms with Crippen LogP contribution in [0.2, 0.25) is 10.0 Å². The van der Waals surface area contributed by atoms with Crippen molar-refractivity contribution in [3.63, 3.8) is 0 Å². The van der Waals surface area contributed by atoms with Crippen LogP contribution in [0.15, 0.2) is 53.7 Å². The summed E-state index contributed by atoms with van der Waals surface area (Å²) < 4.78 is 1.92. The second-order valence-corrected chi connectivity index (χ2v) is 9.31. The summed E-state index contributed by atoms with van der Waals surface area (Å²) in [6.45, 7) is 6.59. The highest BCUT2D eigenvalue weighted by molar-refractivity contribution is 7.99. The molecule has 0 bridgehead atoms. The molecule has 2 aromatic carbocycles. The molecule has 3 rings (SSSR count). The van der Waals surface area contributed by atoms with E-state index in [1.807, 2.05) is 43.5 Å². The number of amides is 2. The lowest BCUT2D eigenvalue weighted by Gasteiger charge is -2.22. The Morgan fingerprint density at radius 1 is 1.06 bits per heavy atom. The number of anilines is 1. The SMILES string of the molecule is CCn1c(SCC(=O)Nc2cccc(Cl)c2Cl)nnc1[C@H](NC(=O)c1ccccc1)C(C)C. The number of nitrogens with one attached hydrogen (secondary N) is 2. The van der Waals surface area contributed by atoms with E-state index < -0.39 is 0 Å². The first-order chi connectivity index (χ1) is 15.8. The molecule has 0 saturated carbocycles. The maximum Gasteiger partial charge on any atom is 0.251 e. The van der Waals surface area contributed by atoms with Gasteiger partial charge < -0.3 is 15.2 Å². The molecule has 0 spiro atoms. The first-order valence-electron chi connectivity index (χ1n) is 10.5. The highest BCUT2D eigenvalue weighted by atomic mass is 35.5. The van der Waals surface area contributed by atoms with Crippen LogP contribution in [-0.4, -0.2) is 32.3 Å². The van der Waals surface area contributed by atoms with Crippen LogP contribution in [0.4, 0.5) is 5.69 Å². The van der Waals surface area contributed by atoms with Crippen LogP contribution in [0, 0.1) is 5.92 Å². The number of carbonyl (C=O) groups is 2. The number of rotatable bonds is 9. The fourth-order valence-corrected chi connectivity index (χ4v) is 4.35. The number of hydrogen-bond donors (Lipinski definition) is 2. The van der Waals surface area contributed by atoms with Crippen molar-refractivity contribution in [3.8, 4) is 0 Å². The van der Waals surface area contributed by atoms with Gasteiger partial charge in [-0.1, -0.05) is 73.1 Å². The van der Waals surface area contributed by atoms with Crippen molar-refractivity contribution in [3.05, 3.63) is 70.0 Å². The van der Waals surface area contributed by atoms with E-state index in [4.69, 9.17) is 23.2 Å². The number of thioether (sulfide) groups is 1. The maximum absolute atomic E-state index is 12.7. The Morgan fingerprint density at radius 2 is 1.79 bits per heavy atom. The molecular formula is C23H25Cl2N5O2S. The van der Waals surface area contributed by atoms with Crippen LogP contribution in [0.25, 0.3) is 0 Å². The molecule has 0 aliphatic carbocycles. The third kappa shape index (κ3) is 6.28.